The maximum atomic E-state index is 12.3. The number of nitrogens with one attached hydrogen (secondary N) is 1. The van der Waals surface area contributed by atoms with Gasteiger partial charge in [-0.15, -0.1) is 0 Å². The van der Waals surface area contributed by atoms with Gasteiger partial charge in [0.05, 0.1) is 17.3 Å². The summed E-state index contributed by atoms with van der Waals surface area (Å²) in [6, 6.07) is 5.82. The average Bonchev–Trinajstić information content (AvgIpc) is 2.48. The number of halogens is 1. The number of amides is 1. The molecule has 1 aliphatic heterocycles. The molecular formula is C18H27ClN2O2. The van der Waals surface area contributed by atoms with E-state index in [1.54, 1.807) is 6.07 Å². The number of aliphatic hydroxyl groups is 1. The quantitative estimate of drug-likeness (QED) is 0.880. The van der Waals surface area contributed by atoms with Gasteiger partial charge in [0, 0.05) is 25.6 Å². The molecule has 0 bridgehead atoms. The Morgan fingerprint density at radius 2 is 2.00 bits per heavy atom. The van der Waals surface area contributed by atoms with E-state index in [9.17, 15) is 9.90 Å². The van der Waals surface area contributed by atoms with Gasteiger partial charge in [-0.1, -0.05) is 38.4 Å². The predicted octanol–water partition coefficient (Wildman–Crippen LogP) is 3.67. The molecule has 1 saturated heterocycles. The number of carbonyl (C=O) groups excluding carboxylic acids is 1. The van der Waals surface area contributed by atoms with Gasteiger partial charge in [0.25, 0.3) is 0 Å². The summed E-state index contributed by atoms with van der Waals surface area (Å²) in [6.07, 6.45) is 2.42. The molecule has 0 aliphatic carbocycles. The van der Waals surface area contributed by atoms with Gasteiger partial charge in [0.2, 0.25) is 5.91 Å². The molecule has 1 aliphatic rings. The number of hydrogen-bond acceptors (Lipinski definition) is 3. The van der Waals surface area contributed by atoms with Crippen LogP contribution >= 0.6 is 11.6 Å². The highest BCUT2D eigenvalue weighted by atomic mass is 35.5. The second-order valence-electron chi connectivity index (χ2n) is 7.51. The van der Waals surface area contributed by atoms with Crippen molar-refractivity contribution in [3.05, 3.63) is 28.8 Å². The van der Waals surface area contributed by atoms with Gasteiger partial charge in [-0.2, -0.15) is 0 Å². The third-order valence-electron chi connectivity index (χ3n) is 4.10. The van der Waals surface area contributed by atoms with E-state index in [1.165, 1.54) is 0 Å². The van der Waals surface area contributed by atoms with Crippen LogP contribution in [0.3, 0.4) is 0 Å². The molecular weight excluding hydrogens is 312 g/mol. The smallest absolute Gasteiger partial charge is 0.223 e. The fraction of sp³-hybridized carbons (Fsp3) is 0.611. The van der Waals surface area contributed by atoms with Crippen molar-refractivity contribution in [2.75, 3.05) is 18.4 Å². The Balaban J connectivity index is 1.89. The molecule has 5 heteroatoms. The summed E-state index contributed by atoms with van der Waals surface area (Å²) in [5.41, 5.74) is 1.73. The number of hydrogen-bond donors (Lipinski definition) is 2. The molecule has 1 aromatic carbocycles. The minimum absolute atomic E-state index is 0.00555. The maximum absolute atomic E-state index is 12.3. The Hall–Kier alpha value is -1.26. The first kappa shape index (κ1) is 18.1. The molecule has 0 aromatic heterocycles. The van der Waals surface area contributed by atoms with Gasteiger partial charge in [-0.25, -0.2) is 0 Å². The highest BCUT2D eigenvalue weighted by molar-refractivity contribution is 6.33. The second kappa shape index (κ2) is 7.54. The Kier molecular flexibility index (Phi) is 5.93. The summed E-state index contributed by atoms with van der Waals surface area (Å²) in [6.45, 7) is 7.85. The Morgan fingerprint density at radius 1 is 1.35 bits per heavy atom. The molecule has 1 aromatic rings. The van der Waals surface area contributed by atoms with E-state index in [2.05, 4.69) is 26.1 Å². The minimum atomic E-state index is 0.00555. The summed E-state index contributed by atoms with van der Waals surface area (Å²) in [4.78, 5) is 14.2. The van der Waals surface area contributed by atoms with Crippen LogP contribution in [0.1, 0.15) is 45.6 Å². The molecule has 2 rings (SSSR count). The lowest BCUT2D eigenvalue weighted by Crippen LogP contribution is -2.43. The van der Waals surface area contributed by atoms with Crippen LogP contribution < -0.4 is 5.32 Å². The third kappa shape index (κ3) is 5.40. The van der Waals surface area contributed by atoms with Crippen molar-refractivity contribution < 1.29 is 9.90 Å². The number of benzene rings is 1. The largest absolute Gasteiger partial charge is 0.392 e. The zero-order valence-electron chi connectivity index (χ0n) is 14.2. The molecule has 0 saturated carbocycles. The normalized spacial score (nSPS) is 16.5. The van der Waals surface area contributed by atoms with Crippen LogP contribution in [0.2, 0.25) is 5.02 Å². The summed E-state index contributed by atoms with van der Waals surface area (Å²) in [5.74, 6) is 0.247. The summed E-state index contributed by atoms with van der Waals surface area (Å²) >= 11 is 6.22. The number of aliphatic hydroxyl groups excluding tert-OH is 1. The number of likely N-dealkylation sites (tertiary alicyclic amines) is 1. The fourth-order valence-corrected chi connectivity index (χ4v) is 3.01. The number of rotatable bonds is 4. The van der Waals surface area contributed by atoms with Crippen LogP contribution in [0.25, 0.3) is 0 Å². The van der Waals surface area contributed by atoms with E-state index in [0.29, 0.717) is 17.5 Å². The number of piperidine rings is 1. The maximum Gasteiger partial charge on any atom is 0.223 e. The van der Waals surface area contributed by atoms with E-state index in [1.807, 2.05) is 17.0 Å². The Labute approximate surface area is 143 Å². The van der Waals surface area contributed by atoms with E-state index in [-0.39, 0.29) is 17.9 Å². The lowest BCUT2D eigenvalue weighted by atomic mass is 9.91. The van der Waals surface area contributed by atoms with Gasteiger partial charge in [0.1, 0.15) is 0 Å². The van der Waals surface area contributed by atoms with Gasteiger partial charge in [-0.3, -0.25) is 4.79 Å². The van der Waals surface area contributed by atoms with Crippen LogP contribution in [0, 0.1) is 5.41 Å². The molecule has 0 unspecified atom stereocenters. The lowest BCUT2D eigenvalue weighted by Gasteiger charge is -2.34. The summed E-state index contributed by atoms with van der Waals surface area (Å²) in [5, 5.41) is 13.3. The van der Waals surface area contributed by atoms with Crippen LogP contribution in [0.4, 0.5) is 5.69 Å². The third-order valence-corrected chi connectivity index (χ3v) is 4.43. The number of carbonyl (C=O) groups is 1. The standard InChI is InChI=1S/C18H27ClN2O2/c1-18(2,3)11-17(23)21-8-6-14(7-9-21)20-16-10-13(12-22)4-5-15(16)19/h4-5,10,14,20,22H,6-9,11-12H2,1-3H3. The molecule has 1 fully saturated rings. The molecule has 23 heavy (non-hydrogen) atoms. The molecule has 128 valence electrons. The molecule has 4 nitrogen and oxygen atoms in total. The van der Waals surface area contributed by atoms with E-state index in [4.69, 9.17) is 11.6 Å². The first-order chi connectivity index (χ1) is 10.8. The zero-order valence-corrected chi connectivity index (χ0v) is 15.0. The van der Waals surface area contributed by atoms with E-state index in [0.717, 1.165) is 37.2 Å². The van der Waals surface area contributed by atoms with Crippen molar-refractivity contribution in [3.63, 3.8) is 0 Å². The second-order valence-corrected chi connectivity index (χ2v) is 7.92. The van der Waals surface area contributed by atoms with Crippen molar-refractivity contribution in [2.45, 2.75) is 52.7 Å². The molecule has 2 N–H and O–H groups in total. The van der Waals surface area contributed by atoms with Crippen molar-refractivity contribution >= 4 is 23.2 Å². The van der Waals surface area contributed by atoms with Crippen LogP contribution in [0.5, 0.6) is 0 Å². The van der Waals surface area contributed by atoms with Gasteiger partial charge >= 0.3 is 0 Å². The predicted molar refractivity (Wildman–Crippen MR) is 94.7 cm³/mol. The average molecular weight is 339 g/mol. The van der Waals surface area contributed by atoms with Crippen LogP contribution in [0.15, 0.2) is 18.2 Å². The Morgan fingerprint density at radius 3 is 2.57 bits per heavy atom. The molecule has 1 amide bonds. The monoisotopic (exact) mass is 338 g/mol. The fourth-order valence-electron chi connectivity index (χ4n) is 2.84. The van der Waals surface area contributed by atoms with Crippen LogP contribution in [-0.4, -0.2) is 35.0 Å². The SMILES string of the molecule is CC(C)(C)CC(=O)N1CCC(Nc2cc(CO)ccc2Cl)CC1. The van der Waals surface area contributed by atoms with Crippen molar-refractivity contribution in [3.8, 4) is 0 Å². The Bertz CT molecular complexity index is 546. The van der Waals surface area contributed by atoms with E-state index >= 15 is 0 Å². The minimum Gasteiger partial charge on any atom is -0.392 e. The highest BCUT2D eigenvalue weighted by Gasteiger charge is 2.26. The summed E-state index contributed by atoms with van der Waals surface area (Å²) in [7, 11) is 0. The molecule has 0 radical (unpaired) electrons. The number of anilines is 1. The van der Waals surface area contributed by atoms with Crippen molar-refractivity contribution in [1.82, 2.24) is 4.90 Å². The first-order valence-corrected chi connectivity index (χ1v) is 8.60. The van der Waals surface area contributed by atoms with Gasteiger partial charge < -0.3 is 15.3 Å². The van der Waals surface area contributed by atoms with Gasteiger partial charge in [0.15, 0.2) is 0 Å². The van der Waals surface area contributed by atoms with Gasteiger partial charge in [-0.05, 0) is 36.0 Å². The first-order valence-electron chi connectivity index (χ1n) is 8.22. The topological polar surface area (TPSA) is 52.6 Å². The van der Waals surface area contributed by atoms with Crippen LogP contribution in [-0.2, 0) is 11.4 Å². The van der Waals surface area contributed by atoms with E-state index < -0.39 is 0 Å². The van der Waals surface area contributed by atoms with Crippen molar-refractivity contribution in [1.29, 1.82) is 0 Å². The molecule has 0 atom stereocenters. The van der Waals surface area contributed by atoms with Crippen molar-refractivity contribution in [2.24, 2.45) is 5.41 Å². The highest BCUT2D eigenvalue weighted by Crippen LogP contribution is 2.27. The summed E-state index contributed by atoms with van der Waals surface area (Å²) < 4.78 is 0. The number of nitrogens with zero attached hydrogens (tertiary/aromatic N) is 1. The lowest BCUT2D eigenvalue weighted by molar-refractivity contribution is -0.134. The molecule has 0 spiro atoms. The zero-order chi connectivity index (χ0) is 17.0. The molecule has 1 heterocycles.